The summed E-state index contributed by atoms with van der Waals surface area (Å²) in [4.78, 5) is 14.5. The zero-order chi connectivity index (χ0) is 15.7. The molecule has 1 aromatic heterocycles. The van der Waals surface area contributed by atoms with Crippen LogP contribution >= 0.6 is 0 Å². The van der Waals surface area contributed by atoms with Gasteiger partial charge in [-0.1, -0.05) is 18.1 Å². The van der Waals surface area contributed by atoms with Crippen LogP contribution in [0.25, 0.3) is 0 Å². The predicted molar refractivity (Wildman–Crippen MR) is 80.0 cm³/mol. The number of likely N-dealkylation sites (tertiary alicyclic amines) is 1. The Morgan fingerprint density at radius 1 is 1.50 bits per heavy atom. The number of amides is 1. The molecule has 1 aliphatic heterocycles. The number of carbonyl (C=O) groups is 1. The quantitative estimate of drug-likeness (QED) is 0.869. The fourth-order valence-corrected chi connectivity index (χ4v) is 3.20. The molecule has 0 N–H and O–H groups in total. The topological polar surface area (TPSA) is 46.3 Å². The van der Waals surface area contributed by atoms with Crippen LogP contribution in [-0.4, -0.2) is 22.5 Å². The summed E-state index contributed by atoms with van der Waals surface area (Å²) >= 11 is 0. The highest BCUT2D eigenvalue weighted by atomic mass is 19.1. The maximum absolute atomic E-state index is 13.4. The third-order valence-corrected chi connectivity index (χ3v) is 4.22. The Balaban J connectivity index is 1.93. The molecule has 0 bridgehead atoms. The lowest BCUT2D eigenvalue weighted by molar-refractivity contribution is 0.0734. The first-order valence-electron chi connectivity index (χ1n) is 7.63. The van der Waals surface area contributed by atoms with E-state index in [-0.39, 0.29) is 11.9 Å². The molecule has 1 amide bonds. The highest BCUT2D eigenvalue weighted by Gasteiger charge is 2.34. The van der Waals surface area contributed by atoms with E-state index >= 15 is 0 Å². The van der Waals surface area contributed by atoms with Crippen molar-refractivity contribution in [1.29, 1.82) is 0 Å². The summed E-state index contributed by atoms with van der Waals surface area (Å²) in [6, 6.07) is 5.82. The number of halogens is 1. The molecule has 116 valence electrons. The fraction of sp³-hybridized carbons (Fsp3) is 0.412. The van der Waals surface area contributed by atoms with E-state index in [0.29, 0.717) is 12.1 Å². The van der Waals surface area contributed by atoms with E-state index in [1.165, 1.54) is 12.1 Å². The number of nitrogens with zero attached hydrogens (tertiary/aromatic N) is 2. The number of aryl methyl sites for hydroxylation is 2. The minimum absolute atomic E-state index is 0.0306. The first-order valence-corrected chi connectivity index (χ1v) is 7.63. The Morgan fingerprint density at radius 2 is 2.32 bits per heavy atom. The molecule has 3 rings (SSSR count). The van der Waals surface area contributed by atoms with Crippen LogP contribution in [0.15, 0.2) is 28.8 Å². The summed E-state index contributed by atoms with van der Waals surface area (Å²) in [5.74, 6) is 0.308. The van der Waals surface area contributed by atoms with Crippen molar-refractivity contribution in [2.45, 2.75) is 39.2 Å². The molecule has 0 radical (unpaired) electrons. The van der Waals surface area contributed by atoms with Crippen molar-refractivity contribution in [3.63, 3.8) is 0 Å². The Bertz CT molecular complexity index is 696. The highest BCUT2D eigenvalue weighted by Crippen LogP contribution is 2.36. The van der Waals surface area contributed by atoms with Crippen LogP contribution < -0.4 is 0 Å². The minimum Gasteiger partial charge on any atom is -0.361 e. The van der Waals surface area contributed by atoms with Gasteiger partial charge >= 0.3 is 0 Å². The number of hydrogen-bond acceptors (Lipinski definition) is 3. The molecule has 1 aliphatic rings. The van der Waals surface area contributed by atoms with Crippen LogP contribution in [0.5, 0.6) is 0 Å². The molecule has 5 heteroatoms. The van der Waals surface area contributed by atoms with Crippen molar-refractivity contribution in [2.24, 2.45) is 0 Å². The van der Waals surface area contributed by atoms with Crippen molar-refractivity contribution >= 4 is 5.91 Å². The van der Waals surface area contributed by atoms with E-state index in [1.807, 2.05) is 18.7 Å². The van der Waals surface area contributed by atoms with Crippen LogP contribution in [0.2, 0.25) is 0 Å². The van der Waals surface area contributed by atoms with Gasteiger partial charge in [0.1, 0.15) is 11.6 Å². The van der Waals surface area contributed by atoms with Crippen molar-refractivity contribution in [1.82, 2.24) is 10.1 Å². The lowest BCUT2D eigenvalue weighted by Gasteiger charge is -2.25. The Labute approximate surface area is 128 Å². The van der Waals surface area contributed by atoms with Gasteiger partial charge in [-0.3, -0.25) is 4.79 Å². The lowest BCUT2D eigenvalue weighted by atomic mass is 10.0. The molecule has 0 saturated carbocycles. The van der Waals surface area contributed by atoms with E-state index in [0.717, 1.165) is 36.3 Å². The molecule has 2 heterocycles. The van der Waals surface area contributed by atoms with E-state index in [9.17, 15) is 9.18 Å². The summed E-state index contributed by atoms with van der Waals surface area (Å²) in [5, 5.41) is 4.04. The first-order chi connectivity index (χ1) is 10.6. The standard InChI is InChI=1S/C17H19FN2O2/c1-3-15-16(11(2)19-22-15)14-8-5-9-20(14)17(21)12-6-4-7-13(18)10-12/h4,6-7,10,14H,3,5,8-9H2,1-2H3/t14-/m1/s1. The van der Waals surface area contributed by atoms with Gasteiger partial charge in [-0.05, 0) is 38.0 Å². The van der Waals surface area contributed by atoms with Crippen LogP contribution in [0.4, 0.5) is 4.39 Å². The van der Waals surface area contributed by atoms with Gasteiger partial charge in [-0.15, -0.1) is 0 Å². The zero-order valence-electron chi connectivity index (χ0n) is 12.8. The minimum atomic E-state index is -0.392. The van der Waals surface area contributed by atoms with E-state index in [2.05, 4.69) is 5.16 Å². The SMILES string of the molecule is CCc1onc(C)c1[C@H]1CCCN1C(=O)c1cccc(F)c1. The predicted octanol–water partition coefficient (Wildman–Crippen LogP) is 3.66. The Morgan fingerprint density at radius 3 is 3.05 bits per heavy atom. The van der Waals surface area contributed by atoms with Gasteiger partial charge < -0.3 is 9.42 Å². The molecule has 22 heavy (non-hydrogen) atoms. The maximum atomic E-state index is 13.4. The van der Waals surface area contributed by atoms with Crippen LogP contribution in [0, 0.1) is 12.7 Å². The fourth-order valence-electron chi connectivity index (χ4n) is 3.20. The maximum Gasteiger partial charge on any atom is 0.254 e. The van der Waals surface area contributed by atoms with E-state index in [1.54, 1.807) is 12.1 Å². The number of aromatic nitrogens is 1. The van der Waals surface area contributed by atoms with Crippen molar-refractivity contribution in [2.75, 3.05) is 6.54 Å². The van der Waals surface area contributed by atoms with Gasteiger partial charge in [0.05, 0.1) is 11.7 Å². The second-order valence-electron chi connectivity index (χ2n) is 5.63. The van der Waals surface area contributed by atoms with Crippen LogP contribution in [0.3, 0.4) is 0 Å². The van der Waals surface area contributed by atoms with Gasteiger partial charge in [-0.2, -0.15) is 0 Å². The number of carbonyl (C=O) groups excluding carboxylic acids is 1. The van der Waals surface area contributed by atoms with Gasteiger partial charge in [-0.25, -0.2) is 4.39 Å². The second-order valence-corrected chi connectivity index (χ2v) is 5.63. The summed E-state index contributed by atoms with van der Waals surface area (Å²) in [6.45, 7) is 4.59. The average Bonchev–Trinajstić information content (AvgIpc) is 3.12. The normalized spacial score (nSPS) is 18.0. The van der Waals surface area contributed by atoms with Crippen LogP contribution in [-0.2, 0) is 6.42 Å². The van der Waals surface area contributed by atoms with E-state index < -0.39 is 5.82 Å². The Kier molecular flexibility index (Phi) is 3.96. The van der Waals surface area contributed by atoms with Gasteiger partial charge in [0.15, 0.2) is 0 Å². The van der Waals surface area contributed by atoms with Crippen molar-refractivity contribution in [3.8, 4) is 0 Å². The smallest absolute Gasteiger partial charge is 0.254 e. The molecule has 0 spiro atoms. The van der Waals surface area contributed by atoms with E-state index in [4.69, 9.17) is 4.52 Å². The van der Waals surface area contributed by atoms with Crippen molar-refractivity contribution < 1.29 is 13.7 Å². The molecule has 2 aromatic rings. The van der Waals surface area contributed by atoms with Gasteiger partial charge in [0, 0.05) is 24.1 Å². The third-order valence-electron chi connectivity index (χ3n) is 4.22. The molecule has 0 aliphatic carbocycles. The monoisotopic (exact) mass is 302 g/mol. The van der Waals surface area contributed by atoms with Crippen molar-refractivity contribution in [3.05, 3.63) is 52.7 Å². The number of hydrogen-bond donors (Lipinski definition) is 0. The average molecular weight is 302 g/mol. The molecule has 1 aromatic carbocycles. The summed E-state index contributed by atoms with van der Waals surface area (Å²) in [7, 11) is 0. The highest BCUT2D eigenvalue weighted by molar-refractivity contribution is 5.94. The number of rotatable bonds is 3. The number of benzene rings is 1. The molecule has 1 saturated heterocycles. The second kappa shape index (κ2) is 5.91. The summed E-state index contributed by atoms with van der Waals surface area (Å²) in [6.07, 6.45) is 2.56. The van der Waals surface area contributed by atoms with Crippen LogP contribution in [0.1, 0.15) is 53.2 Å². The molecular weight excluding hydrogens is 283 g/mol. The molecule has 4 nitrogen and oxygen atoms in total. The summed E-state index contributed by atoms with van der Waals surface area (Å²) < 4.78 is 18.7. The third kappa shape index (κ3) is 2.51. The Hall–Kier alpha value is -2.17. The molecular formula is C17H19FN2O2. The molecule has 1 fully saturated rings. The van der Waals surface area contributed by atoms with Gasteiger partial charge in [0.2, 0.25) is 0 Å². The largest absolute Gasteiger partial charge is 0.361 e. The molecule has 0 unspecified atom stereocenters. The van der Waals surface area contributed by atoms with Gasteiger partial charge in [0.25, 0.3) is 5.91 Å². The zero-order valence-corrected chi connectivity index (χ0v) is 12.8. The first kappa shape index (κ1) is 14.8. The summed E-state index contributed by atoms with van der Waals surface area (Å²) in [5.41, 5.74) is 2.24. The molecule has 1 atom stereocenters. The lowest BCUT2D eigenvalue weighted by Crippen LogP contribution is -2.31.